The van der Waals surface area contributed by atoms with Gasteiger partial charge in [-0.1, -0.05) is 54.6 Å². The fourth-order valence-electron chi connectivity index (χ4n) is 5.77. The number of hydrogen-bond donors (Lipinski definition) is 0. The molecule has 7 nitrogen and oxygen atoms in total. The van der Waals surface area contributed by atoms with E-state index in [9.17, 15) is 9.59 Å². The van der Waals surface area contributed by atoms with E-state index >= 15 is 0 Å². The van der Waals surface area contributed by atoms with Crippen molar-refractivity contribution in [2.24, 2.45) is 11.8 Å². The van der Waals surface area contributed by atoms with E-state index in [-0.39, 0.29) is 23.7 Å². The zero-order valence-corrected chi connectivity index (χ0v) is 22.4. The van der Waals surface area contributed by atoms with Gasteiger partial charge in [0.05, 0.1) is 19.8 Å². The van der Waals surface area contributed by atoms with Crippen molar-refractivity contribution in [2.45, 2.75) is 32.9 Å². The van der Waals surface area contributed by atoms with Gasteiger partial charge in [-0.3, -0.25) is 14.5 Å². The molecule has 2 amide bonds. The number of carbonyl (C=O) groups excluding carboxylic acids is 2. The molecule has 2 atom stereocenters. The Hall–Kier alpha value is -3.16. The summed E-state index contributed by atoms with van der Waals surface area (Å²) >= 11 is 0. The molecule has 2 fully saturated rings. The van der Waals surface area contributed by atoms with Gasteiger partial charge in [-0.15, -0.1) is 0 Å². The van der Waals surface area contributed by atoms with Gasteiger partial charge in [0.25, 0.3) is 0 Å². The predicted octanol–water partition coefficient (Wildman–Crippen LogP) is 3.66. The van der Waals surface area contributed by atoms with Crippen LogP contribution in [-0.2, 0) is 27.4 Å². The number of morpholine rings is 1. The predicted molar refractivity (Wildman–Crippen MR) is 147 cm³/mol. The van der Waals surface area contributed by atoms with E-state index in [2.05, 4.69) is 48.2 Å². The lowest BCUT2D eigenvalue weighted by Crippen LogP contribution is -2.48. The highest BCUT2D eigenvalue weighted by molar-refractivity contribution is 5.79. The molecule has 2 bridgehead atoms. The highest BCUT2D eigenvalue weighted by Crippen LogP contribution is 2.30. The van der Waals surface area contributed by atoms with Crippen molar-refractivity contribution in [1.82, 2.24) is 14.7 Å². The Balaban J connectivity index is 1.35. The van der Waals surface area contributed by atoms with Crippen molar-refractivity contribution < 1.29 is 19.1 Å². The number of rotatable bonds is 4. The Morgan fingerprint density at radius 1 is 1.00 bits per heavy atom. The van der Waals surface area contributed by atoms with Gasteiger partial charge in [0.1, 0.15) is 12.4 Å². The molecule has 3 aliphatic rings. The third-order valence-electron chi connectivity index (χ3n) is 8.06. The highest BCUT2D eigenvalue weighted by Gasteiger charge is 2.33. The number of ether oxygens (including phenoxy) is 2. The van der Waals surface area contributed by atoms with Crippen molar-refractivity contribution in [3.63, 3.8) is 0 Å². The fraction of sp³-hybridized carbons (Fsp3) is 0.484. The lowest BCUT2D eigenvalue weighted by atomic mass is 9.82. The molecule has 0 radical (unpaired) electrons. The summed E-state index contributed by atoms with van der Waals surface area (Å²) in [5, 5.41) is 0. The number of amides is 2. The number of piperidine rings is 1. The topological polar surface area (TPSA) is 62.3 Å². The maximum absolute atomic E-state index is 13.6. The Morgan fingerprint density at radius 3 is 2.63 bits per heavy atom. The summed E-state index contributed by atoms with van der Waals surface area (Å²) in [6, 6.07) is 16.5. The molecule has 2 saturated heterocycles. The Morgan fingerprint density at radius 2 is 1.79 bits per heavy atom. The van der Waals surface area contributed by atoms with Crippen LogP contribution < -0.4 is 4.74 Å². The SMILES string of the molecule is Cc1ccccc1CN1CC(=O)N2CC[C@@H](CC(=O)N3CCOCC3)[C@@H](/C=C/COc3ccccc3C1)C2. The Kier molecular flexibility index (Phi) is 8.76. The van der Waals surface area contributed by atoms with E-state index < -0.39 is 0 Å². The van der Waals surface area contributed by atoms with Crippen molar-refractivity contribution in [3.05, 3.63) is 77.4 Å². The number of carbonyl (C=O) groups is 2. The van der Waals surface area contributed by atoms with E-state index in [1.807, 2.05) is 34.1 Å². The zero-order chi connectivity index (χ0) is 26.3. The maximum atomic E-state index is 13.6. The summed E-state index contributed by atoms with van der Waals surface area (Å²) in [4.78, 5) is 32.8. The normalized spacial score (nSPS) is 23.9. The van der Waals surface area contributed by atoms with Gasteiger partial charge in [-0.25, -0.2) is 0 Å². The minimum Gasteiger partial charge on any atom is -0.489 e. The number of benzene rings is 2. The summed E-state index contributed by atoms with van der Waals surface area (Å²) in [6.07, 6.45) is 5.57. The molecular weight excluding hydrogens is 478 g/mol. The molecule has 5 rings (SSSR count). The first-order chi connectivity index (χ1) is 18.6. The third-order valence-corrected chi connectivity index (χ3v) is 8.06. The summed E-state index contributed by atoms with van der Waals surface area (Å²) in [7, 11) is 0. The van der Waals surface area contributed by atoms with Gasteiger partial charge in [-0.2, -0.15) is 0 Å². The van der Waals surface area contributed by atoms with Gasteiger partial charge in [-0.05, 0) is 42.4 Å². The van der Waals surface area contributed by atoms with E-state index in [1.54, 1.807) is 0 Å². The van der Waals surface area contributed by atoms with Gasteiger partial charge in [0.2, 0.25) is 11.8 Å². The number of fused-ring (bicyclic) bond motifs is 3. The largest absolute Gasteiger partial charge is 0.489 e. The van der Waals surface area contributed by atoms with Crippen molar-refractivity contribution in [3.8, 4) is 5.75 Å². The van der Waals surface area contributed by atoms with Crippen LogP contribution in [0.4, 0.5) is 0 Å². The van der Waals surface area contributed by atoms with Crippen LogP contribution in [0.25, 0.3) is 0 Å². The van der Waals surface area contributed by atoms with Crippen LogP contribution in [0.15, 0.2) is 60.7 Å². The summed E-state index contributed by atoms with van der Waals surface area (Å²) in [5.41, 5.74) is 3.53. The van der Waals surface area contributed by atoms with Crippen LogP contribution in [0.2, 0.25) is 0 Å². The molecule has 38 heavy (non-hydrogen) atoms. The monoisotopic (exact) mass is 517 g/mol. The smallest absolute Gasteiger partial charge is 0.236 e. The summed E-state index contributed by atoms with van der Waals surface area (Å²) < 4.78 is 11.6. The standard InChI is InChI=1S/C31H39N3O4/c1-24-7-2-3-8-26(24)20-32-21-28-9-4-5-11-29(28)38-16-6-10-27-22-34(31(36)23-32)13-12-25(27)19-30(35)33-14-17-37-18-15-33/h2-11,25,27H,12-23H2,1H3/b10-6+/t25-,27-/m0/s1. The fourth-order valence-corrected chi connectivity index (χ4v) is 5.77. The van der Waals surface area contributed by atoms with Crippen molar-refractivity contribution in [2.75, 3.05) is 52.5 Å². The molecule has 3 aliphatic heterocycles. The van der Waals surface area contributed by atoms with Gasteiger partial charge < -0.3 is 19.3 Å². The van der Waals surface area contributed by atoms with E-state index in [1.165, 1.54) is 11.1 Å². The second kappa shape index (κ2) is 12.6. The first kappa shape index (κ1) is 26.4. The van der Waals surface area contributed by atoms with Crippen LogP contribution in [0, 0.1) is 18.8 Å². The van der Waals surface area contributed by atoms with Gasteiger partial charge >= 0.3 is 0 Å². The molecule has 0 aromatic heterocycles. The maximum Gasteiger partial charge on any atom is 0.236 e. The zero-order valence-electron chi connectivity index (χ0n) is 22.4. The number of nitrogens with zero attached hydrogens (tertiary/aromatic N) is 3. The Bertz CT molecular complexity index is 1140. The molecule has 7 heteroatoms. The first-order valence-corrected chi connectivity index (χ1v) is 13.8. The minimum absolute atomic E-state index is 0.127. The second-order valence-electron chi connectivity index (χ2n) is 10.7. The minimum atomic E-state index is 0.127. The summed E-state index contributed by atoms with van der Waals surface area (Å²) in [6.45, 7) is 8.14. The van der Waals surface area contributed by atoms with E-state index in [4.69, 9.17) is 9.47 Å². The van der Waals surface area contributed by atoms with Gasteiger partial charge in [0, 0.05) is 51.3 Å². The molecule has 0 unspecified atom stereocenters. The van der Waals surface area contributed by atoms with Crippen LogP contribution in [0.5, 0.6) is 5.75 Å². The molecule has 0 aliphatic carbocycles. The van der Waals surface area contributed by atoms with Gasteiger partial charge in [0.15, 0.2) is 0 Å². The average molecular weight is 518 g/mol. The highest BCUT2D eigenvalue weighted by atomic mass is 16.5. The Labute approximate surface area is 226 Å². The number of aryl methyl sites for hydroxylation is 1. The van der Waals surface area contributed by atoms with E-state index in [0.29, 0.717) is 72.1 Å². The quantitative estimate of drug-likeness (QED) is 0.580. The summed E-state index contributed by atoms with van der Waals surface area (Å²) in [5.74, 6) is 1.53. The van der Waals surface area contributed by atoms with Crippen molar-refractivity contribution >= 4 is 11.8 Å². The van der Waals surface area contributed by atoms with Crippen LogP contribution in [0.3, 0.4) is 0 Å². The molecule has 0 N–H and O–H groups in total. The molecule has 0 spiro atoms. The molecule has 2 aromatic carbocycles. The molecule has 0 saturated carbocycles. The van der Waals surface area contributed by atoms with E-state index in [0.717, 1.165) is 17.7 Å². The van der Waals surface area contributed by atoms with Crippen LogP contribution in [-0.4, -0.2) is 79.1 Å². The second-order valence-corrected chi connectivity index (χ2v) is 10.7. The third kappa shape index (κ3) is 6.63. The molecular formula is C31H39N3O4. The average Bonchev–Trinajstić information content (AvgIpc) is 2.94. The van der Waals surface area contributed by atoms with Crippen LogP contribution in [0.1, 0.15) is 29.5 Å². The lowest BCUT2D eigenvalue weighted by molar-refractivity contribution is -0.138. The molecule has 3 heterocycles. The first-order valence-electron chi connectivity index (χ1n) is 13.8. The number of hydrogen-bond acceptors (Lipinski definition) is 5. The number of para-hydroxylation sites is 1. The molecule has 2 aromatic rings. The lowest BCUT2D eigenvalue weighted by Gasteiger charge is -2.39. The van der Waals surface area contributed by atoms with Crippen LogP contribution >= 0.6 is 0 Å². The van der Waals surface area contributed by atoms with Crippen molar-refractivity contribution in [1.29, 1.82) is 0 Å². The molecule has 202 valence electrons.